The Hall–Kier alpha value is -1.55. The fourth-order valence-electron chi connectivity index (χ4n) is 1.46. The molecule has 0 spiro atoms. The Balaban J connectivity index is 0.00000112. The van der Waals surface area contributed by atoms with Crippen LogP contribution in [0.5, 0.6) is 0 Å². The molecular formula is C10H12ClN3O. The van der Waals surface area contributed by atoms with Crippen LogP contribution in [0.15, 0.2) is 23.2 Å². The smallest absolute Gasteiger partial charge is 0.251 e. The van der Waals surface area contributed by atoms with Gasteiger partial charge in [0.25, 0.3) is 5.91 Å². The second-order valence-corrected chi connectivity index (χ2v) is 2.99. The average Bonchev–Trinajstić information content (AvgIpc) is 2.27. The Labute approximate surface area is 94.2 Å². The van der Waals surface area contributed by atoms with E-state index in [1.807, 2.05) is 12.1 Å². The number of hydrogen-bond acceptors (Lipinski definition) is 3. The van der Waals surface area contributed by atoms with Crippen molar-refractivity contribution in [3.05, 3.63) is 29.3 Å². The van der Waals surface area contributed by atoms with Crippen LogP contribution >= 0.6 is 12.4 Å². The number of anilines is 1. The lowest BCUT2D eigenvalue weighted by Gasteiger charge is -2.14. The van der Waals surface area contributed by atoms with Crippen molar-refractivity contribution in [2.24, 2.45) is 4.99 Å². The molecule has 1 aromatic rings. The van der Waals surface area contributed by atoms with Gasteiger partial charge < -0.3 is 10.6 Å². The number of amides is 1. The summed E-state index contributed by atoms with van der Waals surface area (Å²) in [5.74, 6) is -0.0861. The molecule has 80 valence electrons. The number of nitrogens with zero attached hydrogens (tertiary/aromatic N) is 1. The van der Waals surface area contributed by atoms with Crippen molar-refractivity contribution >= 4 is 30.2 Å². The number of carbonyl (C=O) groups is 1. The maximum atomic E-state index is 11.5. The molecule has 1 amide bonds. The highest BCUT2D eigenvalue weighted by molar-refractivity contribution is 6.05. The molecule has 0 saturated carbocycles. The lowest BCUT2D eigenvalue weighted by atomic mass is 10.0. The van der Waals surface area contributed by atoms with Crippen LogP contribution in [0.3, 0.4) is 0 Å². The van der Waals surface area contributed by atoms with E-state index in [4.69, 9.17) is 0 Å². The van der Waals surface area contributed by atoms with E-state index < -0.39 is 0 Å². The topological polar surface area (TPSA) is 53.5 Å². The Morgan fingerprint density at radius 3 is 3.07 bits per heavy atom. The van der Waals surface area contributed by atoms with Crippen LogP contribution < -0.4 is 10.6 Å². The summed E-state index contributed by atoms with van der Waals surface area (Å²) in [6.07, 6.45) is 1.73. The first-order valence-corrected chi connectivity index (χ1v) is 4.41. The number of benzene rings is 1. The monoisotopic (exact) mass is 225 g/mol. The van der Waals surface area contributed by atoms with Crippen molar-refractivity contribution in [3.63, 3.8) is 0 Å². The number of halogens is 1. The molecule has 2 N–H and O–H groups in total. The van der Waals surface area contributed by atoms with Gasteiger partial charge in [0, 0.05) is 24.5 Å². The van der Waals surface area contributed by atoms with Crippen LogP contribution in [0.2, 0.25) is 0 Å². The molecule has 0 fully saturated rings. The lowest BCUT2D eigenvalue weighted by Crippen LogP contribution is -2.21. The standard InChI is InChI=1S/C10H11N3O.ClH/c1-11-10(14)7-3-2-4-9-8(7)5-12-6-13-9;/h2-5,13H,6H2,1H3,(H,11,14);1H. The van der Waals surface area contributed by atoms with Gasteiger partial charge in [0.15, 0.2) is 0 Å². The fourth-order valence-corrected chi connectivity index (χ4v) is 1.46. The zero-order chi connectivity index (χ0) is 9.97. The summed E-state index contributed by atoms with van der Waals surface area (Å²) in [5.41, 5.74) is 2.47. The van der Waals surface area contributed by atoms with Crippen molar-refractivity contribution in [1.29, 1.82) is 0 Å². The molecule has 0 atom stereocenters. The number of fused-ring (bicyclic) bond motifs is 1. The predicted octanol–water partition coefficient (Wildman–Crippen LogP) is 1.27. The molecule has 2 rings (SSSR count). The normalized spacial score (nSPS) is 12.1. The second-order valence-electron chi connectivity index (χ2n) is 2.99. The molecule has 15 heavy (non-hydrogen) atoms. The summed E-state index contributed by atoms with van der Waals surface area (Å²) in [7, 11) is 1.62. The Morgan fingerprint density at radius 2 is 2.33 bits per heavy atom. The van der Waals surface area contributed by atoms with Crippen LogP contribution in [-0.2, 0) is 0 Å². The van der Waals surface area contributed by atoms with Gasteiger partial charge in [-0.15, -0.1) is 12.4 Å². The van der Waals surface area contributed by atoms with Crippen molar-refractivity contribution < 1.29 is 4.79 Å². The third-order valence-corrected chi connectivity index (χ3v) is 2.16. The van der Waals surface area contributed by atoms with Gasteiger partial charge in [-0.25, -0.2) is 0 Å². The molecule has 0 aliphatic carbocycles. The third-order valence-electron chi connectivity index (χ3n) is 2.16. The van der Waals surface area contributed by atoms with E-state index in [0.29, 0.717) is 12.2 Å². The van der Waals surface area contributed by atoms with E-state index in [-0.39, 0.29) is 18.3 Å². The molecule has 0 radical (unpaired) electrons. The van der Waals surface area contributed by atoms with E-state index in [1.54, 1.807) is 19.3 Å². The first-order chi connectivity index (χ1) is 6.83. The molecular weight excluding hydrogens is 214 g/mol. The Morgan fingerprint density at radius 1 is 1.53 bits per heavy atom. The first-order valence-electron chi connectivity index (χ1n) is 4.41. The number of rotatable bonds is 1. The summed E-state index contributed by atoms with van der Waals surface area (Å²) >= 11 is 0. The molecule has 0 aromatic heterocycles. The van der Waals surface area contributed by atoms with Crippen LogP contribution in [0.4, 0.5) is 5.69 Å². The van der Waals surface area contributed by atoms with E-state index in [0.717, 1.165) is 11.3 Å². The lowest BCUT2D eigenvalue weighted by molar-refractivity contribution is 0.0963. The van der Waals surface area contributed by atoms with Crippen LogP contribution in [-0.4, -0.2) is 25.8 Å². The average molecular weight is 226 g/mol. The van der Waals surface area contributed by atoms with Gasteiger partial charge in [0.05, 0.1) is 5.56 Å². The zero-order valence-corrected chi connectivity index (χ0v) is 9.10. The van der Waals surface area contributed by atoms with Crippen molar-refractivity contribution in [2.45, 2.75) is 0 Å². The minimum atomic E-state index is -0.0861. The maximum Gasteiger partial charge on any atom is 0.251 e. The first kappa shape index (κ1) is 11.5. The molecule has 5 heteroatoms. The van der Waals surface area contributed by atoms with Crippen molar-refractivity contribution in [2.75, 3.05) is 19.0 Å². The number of nitrogens with one attached hydrogen (secondary N) is 2. The molecule has 0 saturated heterocycles. The number of aliphatic imine (C=N–C) groups is 1. The maximum absolute atomic E-state index is 11.5. The second kappa shape index (κ2) is 4.79. The molecule has 0 unspecified atom stereocenters. The SMILES string of the molecule is CNC(=O)c1cccc2c1C=NCN2.Cl. The van der Waals surface area contributed by atoms with Crippen LogP contribution in [0.1, 0.15) is 15.9 Å². The largest absolute Gasteiger partial charge is 0.366 e. The van der Waals surface area contributed by atoms with Crippen LogP contribution in [0.25, 0.3) is 0 Å². The minimum Gasteiger partial charge on any atom is -0.366 e. The van der Waals surface area contributed by atoms with Crippen LogP contribution in [0, 0.1) is 0 Å². The van der Waals surface area contributed by atoms with Gasteiger partial charge in [-0.2, -0.15) is 0 Å². The molecule has 4 nitrogen and oxygen atoms in total. The number of hydrogen-bond donors (Lipinski definition) is 2. The fraction of sp³-hybridized carbons (Fsp3) is 0.200. The molecule has 1 heterocycles. The highest BCUT2D eigenvalue weighted by Crippen LogP contribution is 2.20. The third kappa shape index (κ3) is 2.10. The Bertz CT molecular complexity index is 404. The summed E-state index contributed by atoms with van der Waals surface area (Å²) in [6, 6.07) is 5.58. The summed E-state index contributed by atoms with van der Waals surface area (Å²) in [4.78, 5) is 15.6. The molecule has 1 aliphatic rings. The van der Waals surface area contributed by atoms with Gasteiger partial charge in [-0.1, -0.05) is 6.07 Å². The Kier molecular flexibility index (Phi) is 3.68. The van der Waals surface area contributed by atoms with Gasteiger partial charge in [0.2, 0.25) is 0 Å². The highest BCUT2D eigenvalue weighted by atomic mass is 35.5. The number of carbonyl (C=O) groups excluding carboxylic acids is 1. The molecule has 1 aromatic carbocycles. The van der Waals surface area contributed by atoms with E-state index in [2.05, 4.69) is 15.6 Å². The summed E-state index contributed by atoms with van der Waals surface area (Å²) < 4.78 is 0. The quantitative estimate of drug-likeness (QED) is 0.756. The van der Waals surface area contributed by atoms with Gasteiger partial charge >= 0.3 is 0 Å². The predicted molar refractivity (Wildman–Crippen MR) is 63.2 cm³/mol. The van der Waals surface area contributed by atoms with Gasteiger partial charge in [-0.05, 0) is 12.1 Å². The summed E-state index contributed by atoms with van der Waals surface area (Å²) in [5, 5.41) is 5.71. The minimum absolute atomic E-state index is 0. The van der Waals surface area contributed by atoms with Crippen molar-refractivity contribution in [3.8, 4) is 0 Å². The molecule has 0 bridgehead atoms. The van der Waals surface area contributed by atoms with Gasteiger partial charge in [0.1, 0.15) is 6.67 Å². The van der Waals surface area contributed by atoms with Crippen molar-refractivity contribution in [1.82, 2.24) is 5.32 Å². The van der Waals surface area contributed by atoms with Gasteiger partial charge in [-0.3, -0.25) is 9.79 Å². The van der Waals surface area contributed by atoms with E-state index in [9.17, 15) is 4.79 Å². The highest BCUT2D eigenvalue weighted by Gasteiger charge is 2.13. The molecule has 1 aliphatic heterocycles. The zero-order valence-electron chi connectivity index (χ0n) is 8.28. The summed E-state index contributed by atoms with van der Waals surface area (Å²) in [6.45, 7) is 0.574. The van der Waals surface area contributed by atoms with E-state index in [1.165, 1.54) is 0 Å². The van der Waals surface area contributed by atoms with E-state index >= 15 is 0 Å².